The van der Waals surface area contributed by atoms with Crippen LogP contribution in [0.4, 0.5) is 8.78 Å². The van der Waals surface area contributed by atoms with E-state index in [1.165, 1.54) is 0 Å². The first kappa shape index (κ1) is 20.2. The van der Waals surface area contributed by atoms with Crippen molar-refractivity contribution in [2.75, 3.05) is 6.61 Å². The van der Waals surface area contributed by atoms with Crippen molar-refractivity contribution in [1.29, 1.82) is 0 Å². The van der Waals surface area contributed by atoms with Crippen LogP contribution in [0.25, 0.3) is 0 Å². The van der Waals surface area contributed by atoms with E-state index < -0.39 is 36.3 Å². The lowest BCUT2D eigenvalue weighted by molar-refractivity contribution is -0.163. The summed E-state index contributed by atoms with van der Waals surface area (Å²) in [5.74, 6) is -5.70. The van der Waals surface area contributed by atoms with Crippen LogP contribution in [0.2, 0.25) is 0 Å². The Kier molecular flexibility index (Phi) is 5.37. The van der Waals surface area contributed by atoms with Crippen LogP contribution >= 0.6 is 0 Å². The minimum atomic E-state index is -3.96. The van der Waals surface area contributed by atoms with E-state index in [0.717, 1.165) is 16.7 Å². The number of carbonyl (C=O) groups is 1. The van der Waals surface area contributed by atoms with Crippen LogP contribution in [0, 0.1) is 0 Å². The number of aliphatic hydroxyl groups is 1. The molecule has 6 heteroatoms. The molecule has 0 aromatic heterocycles. The maximum atomic E-state index is 13.8. The van der Waals surface area contributed by atoms with E-state index in [1.54, 1.807) is 0 Å². The Morgan fingerprint density at radius 3 is 1.57 bits per heavy atom. The average Bonchev–Trinajstić information content (AvgIpc) is 2.99. The van der Waals surface area contributed by atoms with Crippen molar-refractivity contribution in [2.24, 2.45) is 0 Å². The Morgan fingerprint density at radius 2 is 1.23 bits per heavy atom. The van der Waals surface area contributed by atoms with Gasteiger partial charge in [0, 0.05) is 0 Å². The van der Waals surface area contributed by atoms with E-state index in [0.29, 0.717) is 0 Å². The quantitative estimate of drug-likeness (QED) is 0.495. The zero-order chi connectivity index (χ0) is 21.2. The topological polar surface area (TPSA) is 55.8 Å². The molecule has 1 saturated heterocycles. The van der Waals surface area contributed by atoms with Gasteiger partial charge >= 0.3 is 11.9 Å². The summed E-state index contributed by atoms with van der Waals surface area (Å²) >= 11 is 0. The first-order valence-electron chi connectivity index (χ1n) is 9.54. The van der Waals surface area contributed by atoms with Crippen LogP contribution in [-0.2, 0) is 19.9 Å². The molecule has 1 aliphatic heterocycles. The van der Waals surface area contributed by atoms with Gasteiger partial charge in [-0.2, -0.15) is 8.78 Å². The van der Waals surface area contributed by atoms with E-state index in [2.05, 4.69) is 0 Å². The van der Waals surface area contributed by atoms with Gasteiger partial charge in [-0.3, -0.25) is 0 Å². The highest BCUT2D eigenvalue weighted by atomic mass is 19.3. The second-order valence-electron chi connectivity index (χ2n) is 7.10. The van der Waals surface area contributed by atoms with Crippen LogP contribution in [-0.4, -0.2) is 35.8 Å². The number of benzene rings is 3. The molecule has 1 aliphatic rings. The van der Waals surface area contributed by atoms with Gasteiger partial charge in [0.1, 0.15) is 5.60 Å². The smallest absolute Gasteiger partial charge is 0.380 e. The van der Waals surface area contributed by atoms with Gasteiger partial charge in [0.25, 0.3) is 0 Å². The van der Waals surface area contributed by atoms with Crippen LogP contribution in [0.1, 0.15) is 16.7 Å². The van der Waals surface area contributed by atoms with Crippen LogP contribution in [0.5, 0.6) is 0 Å². The summed E-state index contributed by atoms with van der Waals surface area (Å²) in [7, 11) is 0. The van der Waals surface area contributed by atoms with Gasteiger partial charge in [0.2, 0.25) is 0 Å². The van der Waals surface area contributed by atoms with E-state index in [1.807, 2.05) is 91.0 Å². The van der Waals surface area contributed by atoms with Crippen LogP contribution < -0.4 is 0 Å². The minimum absolute atomic E-state index is 0.415. The highest BCUT2D eigenvalue weighted by Gasteiger charge is 2.60. The van der Waals surface area contributed by atoms with Gasteiger partial charge in [-0.15, -0.1) is 0 Å². The Morgan fingerprint density at radius 1 is 0.833 bits per heavy atom. The predicted molar refractivity (Wildman–Crippen MR) is 106 cm³/mol. The standard InChI is InChI=1S/C24H20F2O4/c25-24(26)21(27)20(30-22(24)28)16-29-23(17-10-4-1-5-11-17,18-12-6-2-7-13-18)19-14-8-3-9-15-19/h1-15,20-21,27H,16H2/t20-,21?/m1/s1. The fraction of sp³-hybridized carbons (Fsp3) is 0.208. The zero-order valence-electron chi connectivity index (χ0n) is 15.9. The first-order chi connectivity index (χ1) is 14.5. The SMILES string of the molecule is O=C1O[C@H](COC(c2ccccc2)(c2ccccc2)c2ccccc2)C(O)C1(F)F. The minimum Gasteiger partial charge on any atom is -0.452 e. The normalized spacial score (nSPS) is 20.7. The molecule has 1 N–H and O–H groups in total. The number of hydrogen-bond acceptors (Lipinski definition) is 4. The highest BCUT2D eigenvalue weighted by molar-refractivity contribution is 5.81. The van der Waals surface area contributed by atoms with E-state index in [4.69, 9.17) is 9.47 Å². The van der Waals surface area contributed by atoms with E-state index >= 15 is 0 Å². The summed E-state index contributed by atoms with van der Waals surface area (Å²) in [6, 6.07) is 28.0. The number of rotatable bonds is 6. The maximum absolute atomic E-state index is 13.8. The molecular formula is C24H20F2O4. The van der Waals surface area contributed by atoms with Crippen molar-refractivity contribution in [2.45, 2.75) is 23.7 Å². The van der Waals surface area contributed by atoms with Gasteiger partial charge in [0.15, 0.2) is 12.2 Å². The lowest BCUT2D eigenvalue weighted by Crippen LogP contribution is -2.42. The van der Waals surface area contributed by atoms with Gasteiger partial charge in [-0.25, -0.2) is 4.79 Å². The molecule has 2 atom stereocenters. The Labute approximate surface area is 172 Å². The van der Waals surface area contributed by atoms with Crippen molar-refractivity contribution < 1.29 is 28.2 Å². The lowest BCUT2D eigenvalue weighted by atomic mass is 9.80. The molecule has 1 heterocycles. The predicted octanol–water partition coefficient (Wildman–Crippen LogP) is 3.92. The lowest BCUT2D eigenvalue weighted by Gasteiger charge is -2.36. The molecular weight excluding hydrogens is 390 g/mol. The van der Waals surface area contributed by atoms with Crippen molar-refractivity contribution >= 4 is 5.97 Å². The summed E-state index contributed by atoms with van der Waals surface area (Å²) in [5, 5.41) is 9.92. The number of alkyl halides is 2. The zero-order valence-corrected chi connectivity index (χ0v) is 15.9. The van der Waals surface area contributed by atoms with Crippen molar-refractivity contribution in [3.8, 4) is 0 Å². The monoisotopic (exact) mass is 410 g/mol. The number of cyclic esters (lactones) is 1. The molecule has 0 spiro atoms. The number of aliphatic hydroxyl groups excluding tert-OH is 1. The summed E-state index contributed by atoms with van der Waals surface area (Å²) in [6.45, 7) is -0.415. The molecule has 0 aliphatic carbocycles. The van der Waals surface area contributed by atoms with E-state index in [-0.39, 0.29) is 0 Å². The molecule has 0 amide bonds. The third-order valence-corrected chi connectivity index (χ3v) is 5.26. The third-order valence-electron chi connectivity index (χ3n) is 5.26. The number of hydrogen-bond donors (Lipinski definition) is 1. The molecule has 4 nitrogen and oxygen atoms in total. The fourth-order valence-corrected chi connectivity index (χ4v) is 3.74. The largest absolute Gasteiger partial charge is 0.452 e. The van der Waals surface area contributed by atoms with Gasteiger partial charge in [-0.05, 0) is 16.7 Å². The average molecular weight is 410 g/mol. The molecule has 154 valence electrons. The van der Waals surface area contributed by atoms with Gasteiger partial charge in [-0.1, -0.05) is 91.0 Å². The molecule has 4 rings (SSSR count). The number of esters is 1. The van der Waals surface area contributed by atoms with Gasteiger partial charge < -0.3 is 14.6 Å². The van der Waals surface area contributed by atoms with Gasteiger partial charge in [0.05, 0.1) is 6.61 Å². The first-order valence-corrected chi connectivity index (χ1v) is 9.54. The molecule has 3 aromatic rings. The summed E-state index contributed by atoms with van der Waals surface area (Å²) in [6.07, 6.45) is -3.76. The second kappa shape index (κ2) is 7.97. The summed E-state index contributed by atoms with van der Waals surface area (Å²) in [4.78, 5) is 11.5. The molecule has 0 radical (unpaired) electrons. The molecule has 3 aromatic carbocycles. The Balaban J connectivity index is 1.81. The molecule has 30 heavy (non-hydrogen) atoms. The number of carbonyl (C=O) groups excluding carboxylic acids is 1. The maximum Gasteiger partial charge on any atom is 0.380 e. The van der Waals surface area contributed by atoms with Crippen LogP contribution in [0.15, 0.2) is 91.0 Å². The number of ether oxygens (including phenoxy) is 2. The molecule has 1 fully saturated rings. The molecule has 0 saturated carbocycles. The van der Waals surface area contributed by atoms with Crippen molar-refractivity contribution in [3.05, 3.63) is 108 Å². The molecule has 0 bridgehead atoms. The second-order valence-corrected chi connectivity index (χ2v) is 7.10. The third kappa shape index (κ3) is 3.38. The number of halogens is 2. The summed E-state index contributed by atoms with van der Waals surface area (Å²) < 4.78 is 38.6. The van der Waals surface area contributed by atoms with Crippen molar-refractivity contribution in [1.82, 2.24) is 0 Å². The summed E-state index contributed by atoms with van der Waals surface area (Å²) in [5.41, 5.74) is 1.15. The van der Waals surface area contributed by atoms with Crippen molar-refractivity contribution in [3.63, 3.8) is 0 Å². The molecule has 1 unspecified atom stereocenters. The van der Waals surface area contributed by atoms with Crippen LogP contribution in [0.3, 0.4) is 0 Å². The fourth-order valence-electron chi connectivity index (χ4n) is 3.74. The highest BCUT2D eigenvalue weighted by Crippen LogP contribution is 2.41. The Bertz CT molecular complexity index is 897. The van der Waals surface area contributed by atoms with E-state index in [9.17, 15) is 18.7 Å². The Hall–Kier alpha value is -3.09.